The van der Waals surface area contributed by atoms with Gasteiger partial charge in [-0.3, -0.25) is 0 Å². The van der Waals surface area contributed by atoms with Gasteiger partial charge in [-0.05, 0) is 66.4 Å². The molecule has 0 aliphatic carbocycles. The van der Waals surface area contributed by atoms with Crippen molar-refractivity contribution in [3.05, 3.63) is 119 Å². The second kappa shape index (κ2) is 13.2. The number of aryl methyl sites for hydroxylation is 2. The summed E-state index contributed by atoms with van der Waals surface area (Å²) in [5.41, 5.74) is 6.11. The summed E-state index contributed by atoms with van der Waals surface area (Å²) in [6.45, 7) is 6.76. The van der Waals surface area contributed by atoms with Crippen molar-refractivity contribution in [2.45, 2.75) is 13.8 Å². The van der Waals surface area contributed by atoms with Crippen LogP contribution in [0.25, 0.3) is 11.1 Å². The lowest BCUT2D eigenvalue weighted by Gasteiger charge is -2.29. The highest BCUT2D eigenvalue weighted by atomic mass is 35.5. The van der Waals surface area contributed by atoms with Crippen molar-refractivity contribution in [3.63, 3.8) is 0 Å². The maximum Gasteiger partial charge on any atom is 0.425 e. The minimum Gasteiger partial charge on any atom is -0.409 e. The molecule has 0 atom stereocenters. The maximum absolute atomic E-state index is 13.9. The number of para-hydroxylation sites is 1. The highest BCUT2D eigenvalue weighted by Gasteiger charge is 2.24. The number of aromatic nitrogens is 2. The molecule has 0 unspecified atom stereocenters. The number of amides is 1. The summed E-state index contributed by atoms with van der Waals surface area (Å²) in [6, 6.07) is 31.0. The van der Waals surface area contributed by atoms with Gasteiger partial charge in [-0.2, -0.15) is 4.98 Å². The first-order chi connectivity index (χ1) is 21.5. The lowest BCUT2D eigenvalue weighted by molar-refractivity contribution is 0.122. The molecule has 8 nitrogen and oxygen atoms in total. The van der Waals surface area contributed by atoms with Crippen LogP contribution in [-0.2, 0) is 4.74 Å². The van der Waals surface area contributed by atoms with Crippen molar-refractivity contribution in [1.29, 1.82) is 0 Å². The van der Waals surface area contributed by atoms with Gasteiger partial charge < -0.3 is 19.7 Å². The maximum atomic E-state index is 13.9. The third-order valence-corrected chi connectivity index (χ3v) is 7.74. The van der Waals surface area contributed by atoms with Crippen molar-refractivity contribution in [3.8, 4) is 16.9 Å². The Morgan fingerprint density at radius 3 is 2.30 bits per heavy atom. The number of hydrogen-bond acceptors (Lipinski definition) is 7. The molecule has 0 spiro atoms. The van der Waals surface area contributed by atoms with Crippen molar-refractivity contribution in [2.24, 2.45) is 0 Å². The van der Waals surface area contributed by atoms with Gasteiger partial charge in [0.05, 0.1) is 29.6 Å². The Hall–Kier alpha value is -4.92. The molecule has 1 aromatic heterocycles. The molecule has 1 N–H and O–H groups in total. The molecular formula is C35H32ClN5O3. The first kappa shape index (κ1) is 29.2. The average Bonchev–Trinajstić information content (AvgIpc) is 3.04. The molecular weight excluding hydrogens is 574 g/mol. The zero-order valence-electron chi connectivity index (χ0n) is 24.5. The third kappa shape index (κ3) is 6.51. The number of nitrogens with zero attached hydrogens (tertiary/aromatic N) is 4. The number of halogens is 1. The normalized spacial score (nSPS) is 12.9. The van der Waals surface area contributed by atoms with Crippen molar-refractivity contribution < 1.29 is 14.3 Å². The number of carbonyl (C=O) groups excluding carboxylic acids is 1. The molecule has 0 saturated carbocycles. The fourth-order valence-electron chi connectivity index (χ4n) is 5.17. The van der Waals surface area contributed by atoms with Crippen LogP contribution in [-0.4, -0.2) is 42.4 Å². The van der Waals surface area contributed by atoms with E-state index in [1.54, 1.807) is 12.3 Å². The highest BCUT2D eigenvalue weighted by molar-refractivity contribution is 6.33. The van der Waals surface area contributed by atoms with E-state index in [4.69, 9.17) is 26.1 Å². The van der Waals surface area contributed by atoms with Crippen molar-refractivity contribution in [2.75, 3.05) is 41.4 Å². The first-order valence-electron chi connectivity index (χ1n) is 14.4. The van der Waals surface area contributed by atoms with Crippen LogP contribution in [0.2, 0.25) is 5.02 Å². The summed E-state index contributed by atoms with van der Waals surface area (Å²) in [6.07, 6.45) is 1.02. The van der Waals surface area contributed by atoms with E-state index in [-0.39, 0.29) is 0 Å². The largest absolute Gasteiger partial charge is 0.425 e. The second-order valence-electron chi connectivity index (χ2n) is 10.5. The van der Waals surface area contributed by atoms with Gasteiger partial charge in [0.15, 0.2) is 0 Å². The molecule has 9 heteroatoms. The fourth-order valence-corrected chi connectivity index (χ4v) is 5.47. The zero-order chi connectivity index (χ0) is 30.5. The van der Waals surface area contributed by atoms with Gasteiger partial charge in [-0.25, -0.2) is 14.7 Å². The Morgan fingerprint density at radius 2 is 1.59 bits per heavy atom. The van der Waals surface area contributed by atoms with E-state index in [0.717, 1.165) is 46.7 Å². The smallest absolute Gasteiger partial charge is 0.409 e. The molecule has 6 rings (SSSR count). The molecule has 44 heavy (non-hydrogen) atoms. The first-order valence-corrected chi connectivity index (χ1v) is 14.8. The summed E-state index contributed by atoms with van der Waals surface area (Å²) < 4.78 is 11.4. The van der Waals surface area contributed by atoms with Crippen LogP contribution >= 0.6 is 11.6 Å². The highest BCUT2D eigenvalue weighted by Crippen LogP contribution is 2.33. The van der Waals surface area contributed by atoms with Crippen LogP contribution in [0, 0.1) is 13.8 Å². The molecule has 5 aromatic rings. The molecule has 1 saturated heterocycles. The molecule has 222 valence electrons. The summed E-state index contributed by atoms with van der Waals surface area (Å²) in [7, 11) is 0. The summed E-state index contributed by atoms with van der Waals surface area (Å²) >= 11 is 6.66. The fraction of sp³-hybridized carbons (Fsp3) is 0.171. The second-order valence-corrected chi connectivity index (χ2v) is 10.9. The number of benzene rings is 4. The number of rotatable bonds is 7. The average molecular weight is 606 g/mol. The Morgan fingerprint density at radius 1 is 0.886 bits per heavy atom. The quantitative estimate of drug-likeness (QED) is 0.200. The minimum atomic E-state index is -0.586. The van der Waals surface area contributed by atoms with Crippen molar-refractivity contribution in [1.82, 2.24) is 9.97 Å². The number of nitrogens with one attached hydrogen (secondary N) is 1. The van der Waals surface area contributed by atoms with Gasteiger partial charge in [-0.15, -0.1) is 0 Å². The Bertz CT molecular complexity index is 1740. The van der Waals surface area contributed by atoms with E-state index in [2.05, 4.69) is 15.2 Å². The van der Waals surface area contributed by atoms with Gasteiger partial charge >= 0.3 is 6.09 Å². The summed E-state index contributed by atoms with van der Waals surface area (Å²) in [4.78, 5) is 26.6. The molecule has 1 aliphatic rings. The number of ether oxygens (including phenoxy) is 2. The number of hydrogen-bond donors (Lipinski definition) is 1. The molecule has 0 bridgehead atoms. The summed E-state index contributed by atoms with van der Waals surface area (Å²) in [5, 5.41) is 3.85. The van der Waals surface area contributed by atoms with E-state index in [0.29, 0.717) is 41.4 Å². The van der Waals surface area contributed by atoms with Crippen LogP contribution in [0.4, 0.5) is 33.6 Å². The van der Waals surface area contributed by atoms with E-state index >= 15 is 0 Å². The third-order valence-electron chi connectivity index (χ3n) is 7.44. The number of carbonyl (C=O) groups is 1. The van der Waals surface area contributed by atoms with Crippen LogP contribution in [0.15, 0.2) is 103 Å². The minimum absolute atomic E-state index is 0.309. The van der Waals surface area contributed by atoms with E-state index in [9.17, 15) is 4.79 Å². The summed E-state index contributed by atoms with van der Waals surface area (Å²) in [5.74, 6) is 1.18. The van der Waals surface area contributed by atoms with Gasteiger partial charge in [0.1, 0.15) is 11.6 Å². The topological polar surface area (TPSA) is 79.8 Å². The number of anilines is 5. The Kier molecular flexibility index (Phi) is 8.72. The van der Waals surface area contributed by atoms with E-state index in [1.807, 2.05) is 105 Å². The predicted octanol–water partition coefficient (Wildman–Crippen LogP) is 8.33. The molecule has 2 heterocycles. The van der Waals surface area contributed by atoms with Crippen LogP contribution in [0.1, 0.15) is 11.1 Å². The number of morpholine rings is 1. The van der Waals surface area contributed by atoms with E-state index in [1.165, 1.54) is 4.90 Å². The van der Waals surface area contributed by atoms with Crippen molar-refractivity contribution >= 4 is 46.5 Å². The van der Waals surface area contributed by atoms with Gasteiger partial charge in [-0.1, -0.05) is 72.3 Å². The lowest BCUT2D eigenvalue weighted by atomic mass is 10.1. The van der Waals surface area contributed by atoms with Crippen LogP contribution in [0.3, 0.4) is 0 Å². The van der Waals surface area contributed by atoms with Gasteiger partial charge in [0.2, 0.25) is 5.95 Å². The lowest BCUT2D eigenvalue weighted by Crippen LogP contribution is -2.36. The molecule has 0 radical (unpaired) electrons. The Balaban J connectivity index is 1.31. The van der Waals surface area contributed by atoms with Crippen LogP contribution < -0.4 is 19.9 Å². The molecule has 1 amide bonds. The SMILES string of the molecule is Cc1cccc(C)c1OC(=O)N(c1ccc(-c2ccccc2)cc1)c1ccnc(Nc2ccc(N3CCOCC3)c(Cl)c2)n1. The molecule has 1 aliphatic heterocycles. The monoisotopic (exact) mass is 605 g/mol. The standard InChI is InChI=1S/C35H32ClN5O3/c1-24-7-6-8-25(2)33(24)44-35(42)41(29-14-11-27(12-15-29)26-9-4-3-5-10-26)32-17-18-37-34(39-32)38-28-13-16-31(30(36)23-28)40-19-21-43-22-20-40/h3-18,23H,19-22H2,1-2H3,(H,37,38,39). The van der Waals surface area contributed by atoms with Gasteiger partial charge in [0, 0.05) is 31.0 Å². The van der Waals surface area contributed by atoms with Gasteiger partial charge in [0.25, 0.3) is 0 Å². The molecule has 1 fully saturated rings. The van der Waals surface area contributed by atoms with E-state index < -0.39 is 6.09 Å². The Labute approximate surface area is 261 Å². The van der Waals surface area contributed by atoms with Crippen LogP contribution in [0.5, 0.6) is 5.75 Å². The molecule has 4 aromatic carbocycles. The predicted molar refractivity (Wildman–Crippen MR) is 176 cm³/mol. The zero-order valence-corrected chi connectivity index (χ0v) is 25.3.